The van der Waals surface area contributed by atoms with E-state index in [0.717, 1.165) is 24.1 Å². The molecule has 2 aromatic heterocycles. The first-order chi connectivity index (χ1) is 7.86. The maximum Gasteiger partial charge on any atom is 0.0679 e. The Balaban J connectivity index is 2.44. The standard InChI is InChI=1S/C12H14ClN3/c1-2-3-12-10(8-13)9-15-16(12)11-4-6-14-7-5-11/h4-7,9H,2-3,8H2,1H3. The van der Waals surface area contributed by atoms with Crippen LogP contribution in [0.5, 0.6) is 0 Å². The fourth-order valence-electron chi connectivity index (χ4n) is 1.73. The molecule has 0 bridgehead atoms. The maximum absolute atomic E-state index is 5.90. The largest absolute Gasteiger partial charge is 0.265 e. The number of rotatable bonds is 4. The molecule has 0 saturated heterocycles. The molecule has 0 amide bonds. The molecule has 0 fully saturated rings. The van der Waals surface area contributed by atoms with Crippen molar-refractivity contribution in [3.8, 4) is 5.69 Å². The summed E-state index contributed by atoms with van der Waals surface area (Å²) >= 11 is 5.90. The maximum atomic E-state index is 5.90. The van der Waals surface area contributed by atoms with E-state index in [0.29, 0.717) is 5.88 Å². The van der Waals surface area contributed by atoms with Gasteiger partial charge in [0.15, 0.2) is 0 Å². The summed E-state index contributed by atoms with van der Waals surface area (Å²) in [4.78, 5) is 4.01. The molecule has 0 aliphatic rings. The average molecular weight is 236 g/mol. The molecule has 0 aromatic carbocycles. The van der Waals surface area contributed by atoms with Crippen LogP contribution in [-0.2, 0) is 12.3 Å². The number of hydrogen-bond donors (Lipinski definition) is 0. The summed E-state index contributed by atoms with van der Waals surface area (Å²) in [6.45, 7) is 2.15. The fourth-order valence-corrected chi connectivity index (χ4v) is 1.95. The van der Waals surface area contributed by atoms with Crippen LogP contribution in [-0.4, -0.2) is 14.8 Å². The third-order valence-corrected chi connectivity index (χ3v) is 2.78. The zero-order valence-corrected chi connectivity index (χ0v) is 9.98. The van der Waals surface area contributed by atoms with Crippen molar-refractivity contribution in [1.82, 2.24) is 14.8 Å². The molecule has 0 spiro atoms. The zero-order valence-electron chi connectivity index (χ0n) is 9.23. The van der Waals surface area contributed by atoms with Crippen LogP contribution in [0.25, 0.3) is 5.69 Å². The fraction of sp³-hybridized carbons (Fsp3) is 0.333. The Labute approximate surface area is 100 Å². The van der Waals surface area contributed by atoms with Gasteiger partial charge in [0.2, 0.25) is 0 Å². The SMILES string of the molecule is CCCc1c(CCl)cnn1-c1ccncc1. The lowest BCUT2D eigenvalue weighted by Crippen LogP contribution is -2.03. The van der Waals surface area contributed by atoms with Crippen molar-refractivity contribution < 1.29 is 0 Å². The number of aromatic nitrogens is 3. The number of pyridine rings is 1. The lowest BCUT2D eigenvalue weighted by Gasteiger charge is -2.07. The second kappa shape index (κ2) is 5.12. The lowest BCUT2D eigenvalue weighted by molar-refractivity contribution is 0.770. The Morgan fingerprint density at radius 2 is 2.06 bits per heavy atom. The molecule has 0 N–H and O–H groups in total. The van der Waals surface area contributed by atoms with Crippen LogP contribution >= 0.6 is 11.6 Å². The summed E-state index contributed by atoms with van der Waals surface area (Å²) in [6.07, 6.45) is 7.46. The first kappa shape index (κ1) is 11.1. The van der Waals surface area contributed by atoms with Gasteiger partial charge in [-0.25, -0.2) is 4.68 Å². The molecule has 16 heavy (non-hydrogen) atoms. The van der Waals surface area contributed by atoms with Crippen LogP contribution in [0.3, 0.4) is 0 Å². The number of hydrogen-bond acceptors (Lipinski definition) is 2. The molecular weight excluding hydrogens is 222 g/mol. The quantitative estimate of drug-likeness (QED) is 0.763. The van der Waals surface area contributed by atoms with Gasteiger partial charge in [-0.1, -0.05) is 13.3 Å². The van der Waals surface area contributed by atoms with Crippen molar-refractivity contribution in [2.45, 2.75) is 25.6 Å². The summed E-state index contributed by atoms with van der Waals surface area (Å²) in [7, 11) is 0. The summed E-state index contributed by atoms with van der Waals surface area (Å²) in [6, 6.07) is 3.90. The van der Waals surface area contributed by atoms with Crippen molar-refractivity contribution in [3.05, 3.63) is 42.0 Å². The molecule has 0 saturated carbocycles. The van der Waals surface area contributed by atoms with E-state index >= 15 is 0 Å². The number of halogens is 1. The first-order valence-corrected chi connectivity index (χ1v) is 5.92. The molecule has 0 radical (unpaired) electrons. The molecule has 4 heteroatoms. The van der Waals surface area contributed by atoms with Gasteiger partial charge in [-0.3, -0.25) is 4.98 Å². The van der Waals surface area contributed by atoms with Crippen molar-refractivity contribution >= 4 is 11.6 Å². The molecule has 2 heterocycles. The minimum absolute atomic E-state index is 0.514. The number of nitrogens with zero attached hydrogens (tertiary/aromatic N) is 3. The minimum atomic E-state index is 0.514. The van der Waals surface area contributed by atoms with E-state index < -0.39 is 0 Å². The Bertz CT molecular complexity index is 451. The highest BCUT2D eigenvalue weighted by Crippen LogP contribution is 2.17. The smallest absolute Gasteiger partial charge is 0.0679 e. The molecule has 0 aliphatic carbocycles. The Kier molecular flexibility index (Phi) is 3.57. The summed E-state index contributed by atoms with van der Waals surface area (Å²) < 4.78 is 1.95. The van der Waals surface area contributed by atoms with E-state index in [9.17, 15) is 0 Å². The molecule has 0 unspecified atom stereocenters. The molecule has 0 aliphatic heterocycles. The van der Waals surface area contributed by atoms with Gasteiger partial charge < -0.3 is 0 Å². The molecular formula is C12H14ClN3. The summed E-state index contributed by atoms with van der Waals surface area (Å²) in [5.74, 6) is 0.514. The highest BCUT2D eigenvalue weighted by molar-refractivity contribution is 6.17. The van der Waals surface area contributed by atoms with Gasteiger partial charge in [0.25, 0.3) is 0 Å². The minimum Gasteiger partial charge on any atom is -0.265 e. The highest BCUT2D eigenvalue weighted by atomic mass is 35.5. The first-order valence-electron chi connectivity index (χ1n) is 5.39. The third kappa shape index (κ3) is 2.09. The van der Waals surface area contributed by atoms with E-state index in [1.807, 2.05) is 23.0 Å². The van der Waals surface area contributed by atoms with E-state index in [1.54, 1.807) is 12.4 Å². The van der Waals surface area contributed by atoms with E-state index in [2.05, 4.69) is 17.0 Å². The summed E-state index contributed by atoms with van der Waals surface area (Å²) in [5, 5.41) is 4.38. The molecule has 84 valence electrons. The Morgan fingerprint density at radius 1 is 1.31 bits per heavy atom. The van der Waals surface area contributed by atoms with Gasteiger partial charge in [0.05, 0.1) is 17.8 Å². The van der Waals surface area contributed by atoms with Gasteiger partial charge in [0, 0.05) is 23.7 Å². The second-order valence-corrected chi connectivity index (χ2v) is 3.88. The van der Waals surface area contributed by atoms with Crippen LogP contribution in [0.2, 0.25) is 0 Å². The zero-order chi connectivity index (χ0) is 11.4. The van der Waals surface area contributed by atoms with Crippen LogP contribution in [0.1, 0.15) is 24.6 Å². The van der Waals surface area contributed by atoms with Gasteiger partial charge >= 0.3 is 0 Å². The Morgan fingerprint density at radius 3 is 2.69 bits per heavy atom. The number of alkyl halides is 1. The van der Waals surface area contributed by atoms with Gasteiger partial charge in [-0.05, 0) is 18.6 Å². The van der Waals surface area contributed by atoms with Crippen molar-refractivity contribution in [3.63, 3.8) is 0 Å². The summed E-state index contributed by atoms with van der Waals surface area (Å²) in [5.41, 5.74) is 3.35. The van der Waals surface area contributed by atoms with Crippen LogP contribution in [0.4, 0.5) is 0 Å². The van der Waals surface area contributed by atoms with Gasteiger partial charge in [0.1, 0.15) is 0 Å². The van der Waals surface area contributed by atoms with E-state index in [1.165, 1.54) is 5.69 Å². The average Bonchev–Trinajstić information content (AvgIpc) is 2.74. The van der Waals surface area contributed by atoms with Crippen molar-refractivity contribution in [2.24, 2.45) is 0 Å². The van der Waals surface area contributed by atoms with Gasteiger partial charge in [-0.15, -0.1) is 11.6 Å². The van der Waals surface area contributed by atoms with Crippen LogP contribution in [0, 0.1) is 0 Å². The molecule has 0 atom stereocenters. The predicted octanol–water partition coefficient (Wildman–Crippen LogP) is 2.96. The van der Waals surface area contributed by atoms with E-state index in [-0.39, 0.29) is 0 Å². The normalized spacial score (nSPS) is 10.6. The van der Waals surface area contributed by atoms with Gasteiger partial charge in [-0.2, -0.15) is 5.10 Å². The molecule has 2 aromatic rings. The Hall–Kier alpha value is -1.35. The molecule has 2 rings (SSSR count). The monoisotopic (exact) mass is 235 g/mol. The second-order valence-electron chi connectivity index (χ2n) is 3.62. The van der Waals surface area contributed by atoms with Crippen molar-refractivity contribution in [2.75, 3.05) is 0 Å². The molecule has 3 nitrogen and oxygen atoms in total. The topological polar surface area (TPSA) is 30.7 Å². The van der Waals surface area contributed by atoms with Crippen LogP contribution < -0.4 is 0 Å². The third-order valence-electron chi connectivity index (χ3n) is 2.49. The predicted molar refractivity (Wildman–Crippen MR) is 64.9 cm³/mol. The van der Waals surface area contributed by atoms with Crippen molar-refractivity contribution in [1.29, 1.82) is 0 Å². The van der Waals surface area contributed by atoms with E-state index in [4.69, 9.17) is 11.6 Å². The highest BCUT2D eigenvalue weighted by Gasteiger charge is 2.10. The van der Waals surface area contributed by atoms with Crippen LogP contribution in [0.15, 0.2) is 30.7 Å². The lowest BCUT2D eigenvalue weighted by atomic mass is 10.2.